The van der Waals surface area contributed by atoms with E-state index < -0.39 is 29.9 Å². The fourth-order valence-corrected chi connectivity index (χ4v) is 5.94. The normalized spacial score (nSPS) is 11.9. The number of carbonyl (C=O) groups excluding carboxylic acids is 3. The van der Waals surface area contributed by atoms with Crippen molar-refractivity contribution < 1.29 is 42.1 Å². The number of aliphatic hydroxyl groups excluding tert-OH is 1. The maximum Gasteiger partial charge on any atom is 0.416 e. The van der Waals surface area contributed by atoms with E-state index in [1.54, 1.807) is 73.8 Å². The third kappa shape index (κ3) is 9.93. The van der Waals surface area contributed by atoms with Gasteiger partial charge in [-0.05, 0) is 90.4 Å². The van der Waals surface area contributed by atoms with E-state index >= 15 is 0 Å². The minimum atomic E-state index is -4.49. The zero-order chi connectivity index (χ0) is 37.3. The highest BCUT2D eigenvalue weighted by Gasteiger charge is 2.30. The van der Waals surface area contributed by atoms with E-state index in [0.29, 0.717) is 41.8 Å². The van der Waals surface area contributed by atoms with Crippen molar-refractivity contribution >= 4 is 34.8 Å². The summed E-state index contributed by atoms with van der Waals surface area (Å²) in [5, 5.41) is 15.1. The van der Waals surface area contributed by atoms with Gasteiger partial charge in [-0.3, -0.25) is 14.4 Å². The molecule has 1 aromatic heterocycles. The highest BCUT2D eigenvalue weighted by molar-refractivity contribution is 7.09. The van der Waals surface area contributed by atoms with Gasteiger partial charge in [0.1, 0.15) is 5.75 Å². The molecule has 0 saturated carbocycles. The number of esters is 1. The van der Waals surface area contributed by atoms with E-state index in [-0.39, 0.29) is 35.7 Å². The second kappa shape index (κ2) is 17.3. The highest BCUT2D eigenvalue weighted by atomic mass is 32.1. The summed E-state index contributed by atoms with van der Waals surface area (Å²) in [6.45, 7) is 2.52. The van der Waals surface area contributed by atoms with E-state index in [0.717, 1.165) is 22.6 Å². The molecule has 0 spiro atoms. The number of alkyl halides is 3. The molecule has 52 heavy (non-hydrogen) atoms. The van der Waals surface area contributed by atoms with Crippen molar-refractivity contribution in [2.45, 2.75) is 45.3 Å². The number of hydrogen-bond acceptors (Lipinski definition) is 7. The number of amides is 2. The fraction of sp³-hybridized carbons (Fsp3) is 0.225. The van der Waals surface area contributed by atoms with Crippen LogP contribution >= 0.6 is 11.3 Å². The fourth-order valence-electron chi connectivity index (χ4n) is 5.32. The summed E-state index contributed by atoms with van der Waals surface area (Å²) >= 11 is 1.53. The molecule has 12 heteroatoms. The quantitative estimate of drug-likeness (QED) is 0.0672. The van der Waals surface area contributed by atoms with Gasteiger partial charge in [-0.2, -0.15) is 13.2 Å². The molecular weight excluding hydrogens is 694 g/mol. The largest absolute Gasteiger partial charge is 0.427 e. The Bertz CT molecular complexity index is 1980. The van der Waals surface area contributed by atoms with Gasteiger partial charge in [-0.1, -0.05) is 54.6 Å². The molecule has 270 valence electrons. The smallest absolute Gasteiger partial charge is 0.416 e. The first kappa shape index (κ1) is 37.9. The maximum atomic E-state index is 13.6. The van der Waals surface area contributed by atoms with Crippen molar-refractivity contribution in [2.24, 2.45) is 0 Å². The van der Waals surface area contributed by atoms with Gasteiger partial charge >= 0.3 is 12.1 Å². The van der Waals surface area contributed by atoms with Crippen molar-refractivity contribution in [1.82, 2.24) is 4.90 Å². The van der Waals surface area contributed by atoms with E-state index in [4.69, 9.17) is 9.47 Å². The summed E-state index contributed by atoms with van der Waals surface area (Å²) in [6, 6.07) is 26.4. The predicted octanol–water partition coefficient (Wildman–Crippen LogP) is 8.91. The number of aryl methyl sites for hydroxylation is 1. The van der Waals surface area contributed by atoms with Crippen LogP contribution in [0.5, 0.6) is 5.75 Å². The van der Waals surface area contributed by atoms with Gasteiger partial charge < -0.3 is 24.8 Å². The van der Waals surface area contributed by atoms with Gasteiger partial charge in [-0.15, -0.1) is 11.3 Å². The lowest BCUT2D eigenvalue weighted by Gasteiger charge is -2.19. The van der Waals surface area contributed by atoms with E-state index in [1.807, 2.05) is 24.4 Å². The molecule has 1 atom stereocenters. The molecule has 0 aliphatic heterocycles. The number of rotatable bonds is 14. The first-order valence-electron chi connectivity index (χ1n) is 16.5. The molecule has 0 radical (unpaired) electrons. The molecule has 0 aliphatic carbocycles. The second-order valence-corrected chi connectivity index (χ2v) is 12.9. The van der Waals surface area contributed by atoms with Crippen LogP contribution in [0.2, 0.25) is 0 Å². The lowest BCUT2D eigenvalue weighted by Crippen LogP contribution is -2.28. The predicted molar refractivity (Wildman–Crippen MR) is 193 cm³/mol. The van der Waals surface area contributed by atoms with Crippen LogP contribution in [-0.4, -0.2) is 41.4 Å². The first-order chi connectivity index (χ1) is 24.9. The number of ether oxygens (including phenoxy) is 2. The van der Waals surface area contributed by atoms with Gasteiger partial charge in [-0.25, -0.2) is 0 Å². The topological polar surface area (TPSA) is 105 Å². The highest BCUT2D eigenvalue weighted by Crippen LogP contribution is 2.32. The Morgan fingerprint density at radius 1 is 0.904 bits per heavy atom. The molecule has 2 N–H and O–H groups in total. The van der Waals surface area contributed by atoms with Crippen molar-refractivity contribution in [3.63, 3.8) is 0 Å². The van der Waals surface area contributed by atoms with Crippen LogP contribution in [-0.2, 0) is 28.7 Å². The average molecular weight is 731 g/mol. The molecule has 2 amide bonds. The summed E-state index contributed by atoms with van der Waals surface area (Å²) < 4.78 is 50.3. The Morgan fingerprint density at radius 3 is 2.31 bits per heavy atom. The standard InChI is InChI=1S/C40H37F3N2O6S/c1-3-45(2)38(48)34-24-26(8-6-12-36(46)51-30-20-16-28(17-21-30)39(49)50-25-31-9-7-23-52-31)13-22-35(34)44-37(47)33-11-5-4-10-32(33)27-14-18-29(19-15-27)40(41,42)43/h4-5,7,9-11,13-24,39,49H,3,6,8,12,25H2,1-2H3,(H,44,47). The number of anilines is 1. The van der Waals surface area contributed by atoms with Crippen LogP contribution in [0, 0.1) is 0 Å². The molecule has 1 heterocycles. The van der Waals surface area contributed by atoms with Gasteiger partial charge in [0, 0.05) is 36.0 Å². The van der Waals surface area contributed by atoms with Gasteiger partial charge in [0.05, 0.1) is 23.4 Å². The Morgan fingerprint density at radius 2 is 1.63 bits per heavy atom. The molecule has 8 nitrogen and oxygen atoms in total. The number of thiophene rings is 1. The van der Waals surface area contributed by atoms with Gasteiger partial charge in [0.25, 0.3) is 11.8 Å². The third-order valence-corrected chi connectivity index (χ3v) is 9.14. The average Bonchev–Trinajstić information content (AvgIpc) is 3.67. The van der Waals surface area contributed by atoms with E-state index in [2.05, 4.69) is 5.32 Å². The zero-order valence-electron chi connectivity index (χ0n) is 28.5. The van der Waals surface area contributed by atoms with Gasteiger partial charge in [0.15, 0.2) is 6.29 Å². The molecule has 5 aromatic rings. The Kier molecular flexibility index (Phi) is 12.6. The van der Waals surface area contributed by atoms with Gasteiger partial charge in [0.2, 0.25) is 0 Å². The number of halogens is 3. The molecule has 1 unspecified atom stereocenters. The number of nitrogens with zero attached hydrogens (tertiary/aromatic N) is 1. The Hall–Kier alpha value is -5.30. The second-order valence-electron chi connectivity index (χ2n) is 11.9. The number of hydrogen-bond donors (Lipinski definition) is 2. The Labute approximate surface area is 303 Å². The lowest BCUT2D eigenvalue weighted by atomic mass is 9.97. The third-order valence-electron chi connectivity index (χ3n) is 8.29. The van der Waals surface area contributed by atoms with Crippen LogP contribution in [0.4, 0.5) is 18.9 Å². The molecule has 5 rings (SSSR count). The summed E-state index contributed by atoms with van der Waals surface area (Å²) in [5.74, 6) is -0.970. The number of nitrogens with one attached hydrogen (secondary N) is 1. The number of benzene rings is 4. The number of carbonyl (C=O) groups is 3. The van der Waals surface area contributed by atoms with Crippen LogP contribution in [0.15, 0.2) is 109 Å². The minimum absolute atomic E-state index is 0.103. The minimum Gasteiger partial charge on any atom is -0.427 e. The molecular formula is C40H37F3N2O6S. The molecule has 0 saturated heterocycles. The molecule has 0 fully saturated rings. The summed E-state index contributed by atoms with van der Waals surface area (Å²) in [7, 11) is 1.64. The van der Waals surface area contributed by atoms with Crippen LogP contribution in [0.1, 0.15) is 68.3 Å². The number of aliphatic hydroxyl groups is 1. The SMILES string of the molecule is CCN(C)C(=O)c1cc(CCCC(=O)Oc2ccc(C(O)OCc3cccs3)cc2)ccc1NC(=O)c1ccccc1-c1ccc(C(F)(F)F)cc1. The monoisotopic (exact) mass is 730 g/mol. The Balaban J connectivity index is 1.21. The van der Waals surface area contributed by atoms with Crippen molar-refractivity contribution in [1.29, 1.82) is 0 Å². The molecule has 0 bridgehead atoms. The van der Waals surface area contributed by atoms with E-state index in [1.165, 1.54) is 28.4 Å². The first-order valence-corrected chi connectivity index (χ1v) is 17.4. The lowest BCUT2D eigenvalue weighted by molar-refractivity contribution is -0.137. The molecule has 0 aliphatic rings. The molecule has 4 aromatic carbocycles. The zero-order valence-corrected chi connectivity index (χ0v) is 29.3. The van der Waals surface area contributed by atoms with E-state index in [9.17, 15) is 32.7 Å². The summed E-state index contributed by atoms with van der Waals surface area (Å²) in [6.07, 6.45) is -4.63. The summed E-state index contributed by atoms with van der Waals surface area (Å²) in [5.41, 5.74) is 2.11. The van der Waals surface area contributed by atoms with Crippen molar-refractivity contribution in [2.75, 3.05) is 18.9 Å². The van der Waals surface area contributed by atoms with Crippen LogP contribution in [0.3, 0.4) is 0 Å². The van der Waals surface area contributed by atoms with Crippen LogP contribution < -0.4 is 10.1 Å². The van der Waals surface area contributed by atoms with Crippen LogP contribution in [0.25, 0.3) is 11.1 Å². The summed E-state index contributed by atoms with van der Waals surface area (Å²) in [4.78, 5) is 42.1. The maximum absolute atomic E-state index is 13.6. The van der Waals surface area contributed by atoms with Crippen molar-refractivity contribution in [3.05, 3.63) is 141 Å². The van der Waals surface area contributed by atoms with Crippen molar-refractivity contribution in [3.8, 4) is 16.9 Å².